The van der Waals surface area contributed by atoms with Crippen LogP contribution in [-0.2, 0) is 10.0 Å². The van der Waals surface area contributed by atoms with Gasteiger partial charge < -0.3 is 4.90 Å². The maximum Gasteiger partial charge on any atom is 0.243 e. The quantitative estimate of drug-likeness (QED) is 0.904. The molecule has 0 atom stereocenters. The predicted molar refractivity (Wildman–Crippen MR) is 83.2 cm³/mol. The molecular formula is C15H22ClN2O2S+. The predicted octanol–water partition coefficient (Wildman–Crippen LogP) is 1.17. The third kappa shape index (κ3) is 3.26. The summed E-state index contributed by atoms with van der Waals surface area (Å²) in [6.45, 7) is 3.79. The van der Waals surface area contributed by atoms with Crippen molar-refractivity contribution in [3.63, 3.8) is 0 Å². The Morgan fingerprint density at radius 2 is 1.62 bits per heavy atom. The summed E-state index contributed by atoms with van der Waals surface area (Å²) in [5.74, 6) is 0. The molecule has 0 aliphatic carbocycles. The van der Waals surface area contributed by atoms with Crippen LogP contribution in [0.2, 0.25) is 5.02 Å². The Hall–Kier alpha value is -0.620. The molecule has 0 saturated carbocycles. The molecule has 6 heteroatoms. The lowest BCUT2D eigenvalue weighted by atomic mass is 10.1. The summed E-state index contributed by atoms with van der Waals surface area (Å²) in [6, 6.07) is 7.10. The van der Waals surface area contributed by atoms with Crippen molar-refractivity contribution < 1.29 is 13.3 Å². The van der Waals surface area contributed by atoms with E-state index in [-0.39, 0.29) is 0 Å². The summed E-state index contributed by atoms with van der Waals surface area (Å²) in [4.78, 5) is 2.03. The van der Waals surface area contributed by atoms with Gasteiger partial charge in [-0.05, 0) is 24.3 Å². The summed E-state index contributed by atoms with van der Waals surface area (Å²) in [5.41, 5.74) is 0. The second-order valence-corrected chi connectivity index (χ2v) is 8.37. The molecule has 1 aromatic rings. The summed E-state index contributed by atoms with van der Waals surface area (Å²) in [7, 11) is -3.36. The van der Waals surface area contributed by atoms with E-state index in [9.17, 15) is 8.42 Å². The average Bonchev–Trinajstić information content (AvgIpc) is 3.02. The highest BCUT2D eigenvalue weighted by atomic mass is 35.5. The SMILES string of the molecule is O=S(=O)(c1ccc(Cl)cc1)N1CCC([NH+]2CCCC2)CC1. The molecule has 2 fully saturated rings. The third-order valence-electron chi connectivity index (χ3n) is 4.73. The Labute approximate surface area is 131 Å². The van der Waals surface area contributed by atoms with E-state index >= 15 is 0 Å². The normalized spacial score (nSPS) is 22.7. The Morgan fingerprint density at radius 3 is 2.19 bits per heavy atom. The van der Waals surface area contributed by atoms with Gasteiger partial charge in [-0.2, -0.15) is 4.31 Å². The number of nitrogens with one attached hydrogen (secondary N) is 1. The zero-order valence-electron chi connectivity index (χ0n) is 12.1. The van der Waals surface area contributed by atoms with Gasteiger partial charge in [0.05, 0.1) is 24.0 Å². The molecule has 2 saturated heterocycles. The largest absolute Gasteiger partial charge is 0.332 e. The van der Waals surface area contributed by atoms with Gasteiger partial charge in [-0.15, -0.1) is 0 Å². The number of nitrogens with zero attached hydrogens (tertiary/aromatic N) is 1. The molecule has 116 valence electrons. The highest BCUT2D eigenvalue weighted by molar-refractivity contribution is 7.89. The van der Waals surface area contributed by atoms with Crippen molar-refractivity contribution in [3.05, 3.63) is 29.3 Å². The number of rotatable bonds is 3. The van der Waals surface area contributed by atoms with Crippen LogP contribution in [0.4, 0.5) is 0 Å². The Morgan fingerprint density at radius 1 is 1.05 bits per heavy atom. The van der Waals surface area contributed by atoms with Crippen molar-refractivity contribution in [3.8, 4) is 0 Å². The smallest absolute Gasteiger partial charge is 0.243 e. The number of piperidine rings is 1. The van der Waals surface area contributed by atoms with E-state index in [0.717, 1.165) is 12.8 Å². The lowest BCUT2D eigenvalue weighted by Crippen LogP contribution is -3.14. The number of hydrogen-bond acceptors (Lipinski definition) is 2. The minimum absolute atomic E-state index is 0.346. The van der Waals surface area contributed by atoms with Gasteiger partial charge in [0.1, 0.15) is 0 Å². The molecule has 0 aromatic heterocycles. The molecule has 21 heavy (non-hydrogen) atoms. The van der Waals surface area contributed by atoms with E-state index in [1.807, 2.05) is 0 Å². The van der Waals surface area contributed by atoms with Gasteiger partial charge >= 0.3 is 0 Å². The standard InChI is InChI=1S/C15H21ClN2O2S/c16-13-3-5-15(6-4-13)21(19,20)18-11-7-14(8-12-18)17-9-1-2-10-17/h3-6,14H,1-2,7-12H2/p+1. The first kappa shape index (κ1) is 15.3. The zero-order valence-corrected chi connectivity index (χ0v) is 13.7. The van der Waals surface area contributed by atoms with Gasteiger partial charge in [0.2, 0.25) is 10.0 Å². The number of hydrogen-bond donors (Lipinski definition) is 1. The molecule has 1 aromatic carbocycles. The van der Waals surface area contributed by atoms with Crippen molar-refractivity contribution in [2.75, 3.05) is 26.2 Å². The van der Waals surface area contributed by atoms with E-state index in [2.05, 4.69) is 0 Å². The Balaban J connectivity index is 1.66. The topological polar surface area (TPSA) is 41.8 Å². The van der Waals surface area contributed by atoms with Crippen molar-refractivity contribution in [2.24, 2.45) is 0 Å². The van der Waals surface area contributed by atoms with E-state index in [4.69, 9.17) is 11.6 Å². The summed E-state index contributed by atoms with van der Waals surface area (Å²) in [5, 5.41) is 0.560. The van der Waals surface area contributed by atoms with Gasteiger partial charge in [-0.25, -0.2) is 8.42 Å². The van der Waals surface area contributed by atoms with E-state index in [1.165, 1.54) is 25.9 Å². The number of likely N-dealkylation sites (tertiary alicyclic amines) is 1. The maximum absolute atomic E-state index is 12.6. The summed E-state index contributed by atoms with van der Waals surface area (Å²) >= 11 is 5.83. The van der Waals surface area contributed by atoms with Gasteiger partial charge in [0, 0.05) is 43.8 Å². The van der Waals surface area contributed by atoms with Gasteiger partial charge in [0.25, 0.3) is 0 Å². The van der Waals surface area contributed by atoms with Gasteiger partial charge in [0.15, 0.2) is 0 Å². The Bertz CT molecular complexity index is 574. The van der Waals surface area contributed by atoms with Crippen LogP contribution < -0.4 is 4.90 Å². The van der Waals surface area contributed by atoms with Crippen molar-refractivity contribution >= 4 is 21.6 Å². The third-order valence-corrected chi connectivity index (χ3v) is 6.89. The molecule has 0 unspecified atom stereocenters. The van der Waals surface area contributed by atoms with E-state index in [1.54, 1.807) is 33.5 Å². The van der Waals surface area contributed by atoms with Crippen LogP contribution in [0.25, 0.3) is 0 Å². The molecule has 0 bridgehead atoms. The zero-order chi connectivity index (χ0) is 14.9. The van der Waals surface area contributed by atoms with E-state index < -0.39 is 10.0 Å². The van der Waals surface area contributed by atoms with Crippen LogP contribution in [0.5, 0.6) is 0 Å². The minimum atomic E-state index is -3.36. The molecular weight excluding hydrogens is 308 g/mol. The lowest BCUT2D eigenvalue weighted by molar-refractivity contribution is -0.914. The first-order chi connectivity index (χ1) is 10.1. The molecule has 1 N–H and O–H groups in total. The fourth-order valence-electron chi connectivity index (χ4n) is 3.50. The highest BCUT2D eigenvalue weighted by Crippen LogP contribution is 2.21. The average molecular weight is 330 g/mol. The molecule has 2 aliphatic rings. The molecule has 0 radical (unpaired) electrons. The van der Waals surface area contributed by atoms with Crippen LogP contribution in [0.3, 0.4) is 0 Å². The van der Waals surface area contributed by atoms with Crippen LogP contribution in [-0.4, -0.2) is 44.9 Å². The number of halogens is 1. The second kappa shape index (κ2) is 6.24. The molecule has 0 spiro atoms. The minimum Gasteiger partial charge on any atom is -0.332 e. The fourth-order valence-corrected chi connectivity index (χ4v) is 5.09. The molecule has 4 nitrogen and oxygen atoms in total. The Kier molecular flexibility index (Phi) is 4.54. The fraction of sp³-hybridized carbons (Fsp3) is 0.600. The first-order valence-corrected chi connectivity index (χ1v) is 9.49. The van der Waals surface area contributed by atoms with Crippen LogP contribution in [0.15, 0.2) is 29.2 Å². The summed E-state index contributed by atoms with van der Waals surface area (Å²) < 4.78 is 26.8. The monoisotopic (exact) mass is 329 g/mol. The van der Waals surface area contributed by atoms with Crippen LogP contribution in [0, 0.1) is 0 Å². The van der Waals surface area contributed by atoms with Crippen molar-refractivity contribution in [1.82, 2.24) is 4.31 Å². The second-order valence-electron chi connectivity index (χ2n) is 6.00. The molecule has 0 amide bonds. The molecule has 3 rings (SSSR count). The highest BCUT2D eigenvalue weighted by Gasteiger charge is 2.34. The summed E-state index contributed by atoms with van der Waals surface area (Å²) in [6.07, 6.45) is 4.58. The first-order valence-electron chi connectivity index (χ1n) is 7.68. The van der Waals surface area contributed by atoms with Crippen LogP contribution >= 0.6 is 11.6 Å². The van der Waals surface area contributed by atoms with Crippen molar-refractivity contribution in [2.45, 2.75) is 36.6 Å². The van der Waals surface area contributed by atoms with Crippen molar-refractivity contribution in [1.29, 1.82) is 0 Å². The number of benzene rings is 1. The number of quaternary nitrogens is 1. The number of sulfonamides is 1. The maximum atomic E-state index is 12.6. The van der Waals surface area contributed by atoms with Gasteiger partial charge in [-0.3, -0.25) is 0 Å². The van der Waals surface area contributed by atoms with E-state index in [0.29, 0.717) is 29.0 Å². The molecule has 2 heterocycles. The molecule has 2 aliphatic heterocycles. The van der Waals surface area contributed by atoms with Gasteiger partial charge in [-0.1, -0.05) is 11.6 Å². The van der Waals surface area contributed by atoms with Crippen LogP contribution in [0.1, 0.15) is 25.7 Å². The lowest BCUT2D eigenvalue weighted by Gasteiger charge is -2.33.